The number of rotatable bonds is 2. The molecule has 0 radical (unpaired) electrons. The summed E-state index contributed by atoms with van der Waals surface area (Å²) in [6, 6.07) is 1.62. The van der Waals surface area contributed by atoms with Gasteiger partial charge in [0.2, 0.25) is 5.91 Å². The molecule has 3 heterocycles. The van der Waals surface area contributed by atoms with E-state index >= 15 is 0 Å². The molecule has 100 valence electrons. The minimum Gasteiger partial charge on any atom is -0.354 e. The molecule has 1 amide bonds. The number of hydrogen-bond donors (Lipinski definition) is 1. The van der Waals surface area contributed by atoms with Gasteiger partial charge in [0.05, 0.1) is 11.9 Å². The highest BCUT2D eigenvalue weighted by Crippen LogP contribution is 2.20. The molecule has 1 N–H and O–H groups in total. The van der Waals surface area contributed by atoms with Gasteiger partial charge in [0.25, 0.3) is 0 Å². The van der Waals surface area contributed by atoms with Crippen LogP contribution in [0.3, 0.4) is 0 Å². The van der Waals surface area contributed by atoms with E-state index in [1.807, 2.05) is 19.3 Å². The minimum atomic E-state index is -0.253. The van der Waals surface area contributed by atoms with Crippen molar-refractivity contribution >= 4 is 5.91 Å². The number of aryl methyl sites for hydroxylation is 1. The third-order valence-electron chi connectivity index (χ3n) is 3.42. The van der Waals surface area contributed by atoms with Crippen LogP contribution < -0.4 is 5.32 Å². The number of nitrogens with one attached hydrogen (secondary N) is 1. The summed E-state index contributed by atoms with van der Waals surface area (Å²) in [5.74, 6) is 0.0268. The van der Waals surface area contributed by atoms with E-state index in [4.69, 9.17) is 0 Å². The molecule has 7 nitrogen and oxygen atoms in total. The van der Waals surface area contributed by atoms with Crippen molar-refractivity contribution in [2.45, 2.75) is 25.3 Å². The van der Waals surface area contributed by atoms with Gasteiger partial charge in [-0.05, 0) is 25.3 Å². The molecule has 2 aromatic rings. The van der Waals surface area contributed by atoms with E-state index in [0.717, 1.165) is 37.2 Å². The number of aromatic nitrogens is 5. The first-order chi connectivity index (χ1) is 9.25. The molecule has 1 fully saturated rings. The van der Waals surface area contributed by atoms with E-state index in [1.165, 1.54) is 0 Å². The third kappa shape index (κ3) is 2.23. The average Bonchev–Trinajstić information content (AvgIpc) is 2.97. The van der Waals surface area contributed by atoms with E-state index < -0.39 is 0 Å². The molecule has 0 aromatic carbocycles. The fourth-order valence-electron chi connectivity index (χ4n) is 2.35. The molecule has 0 spiro atoms. The molecular weight excluding hydrogens is 244 g/mol. The van der Waals surface area contributed by atoms with Crippen molar-refractivity contribution in [3.05, 3.63) is 18.5 Å². The maximum absolute atomic E-state index is 12.0. The molecule has 1 aliphatic rings. The highest BCUT2D eigenvalue weighted by molar-refractivity contribution is 5.80. The maximum Gasteiger partial charge on any atom is 0.244 e. The van der Waals surface area contributed by atoms with Crippen LogP contribution in [-0.2, 0) is 11.8 Å². The van der Waals surface area contributed by atoms with Gasteiger partial charge < -0.3 is 5.32 Å². The summed E-state index contributed by atoms with van der Waals surface area (Å²) in [5.41, 5.74) is 1.62. The first-order valence-electron chi connectivity index (χ1n) is 6.43. The smallest absolute Gasteiger partial charge is 0.244 e. The zero-order valence-corrected chi connectivity index (χ0v) is 10.8. The van der Waals surface area contributed by atoms with Gasteiger partial charge in [-0.3, -0.25) is 9.48 Å². The Morgan fingerprint density at radius 3 is 3.11 bits per heavy atom. The summed E-state index contributed by atoms with van der Waals surface area (Å²) in [6.45, 7) is 0.749. The summed E-state index contributed by atoms with van der Waals surface area (Å²) in [6.07, 6.45) is 6.37. The lowest BCUT2D eigenvalue weighted by atomic mass is 10.1. The van der Waals surface area contributed by atoms with Crippen LogP contribution >= 0.6 is 0 Å². The van der Waals surface area contributed by atoms with Gasteiger partial charge in [0, 0.05) is 19.8 Å². The Bertz CT molecular complexity index is 587. The van der Waals surface area contributed by atoms with Gasteiger partial charge in [-0.25, -0.2) is 4.68 Å². The Kier molecular flexibility index (Phi) is 3.02. The number of carbonyl (C=O) groups is 1. The van der Waals surface area contributed by atoms with Crippen molar-refractivity contribution in [3.8, 4) is 11.4 Å². The molecule has 1 unspecified atom stereocenters. The Balaban J connectivity index is 1.88. The van der Waals surface area contributed by atoms with Crippen LogP contribution in [0.25, 0.3) is 11.4 Å². The van der Waals surface area contributed by atoms with E-state index in [9.17, 15) is 4.79 Å². The molecule has 0 saturated carbocycles. The first kappa shape index (κ1) is 11.9. The topological polar surface area (TPSA) is 77.6 Å². The van der Waals surface area contributed by atoms with Gasteiger partial charge in [0.1, 0.15) is 11.7 Å². The maximum atomic E-state index is 12.0. The van der Waals surface area contributed by atoms with Crippen molar-refractivity contribution in [2.75, 3.05) is 6.54 Å². The monoisotopic (exact) mass is 260 g/mol. The van der Waals surface area contributed by atoms with Gasteiger partial charge in [-0.2, -0.15) is 5.10 Å². The van der Waals surface area contributed by atoms with E-state index in [-0.39, 0.29) is 11.9 Å². The molecule has 0 aliphatic carbocycles. The van der Waals surface area contributed by atoms with E-state index in [1.54, 1.807) is 15.6 Å². The number of nitrogens with zero attached hydrogens (tertiary/aromatic N) is 5. The van der Waals surface area contributed by atoms with Crippen molar-refractivity contribution in [2.24, 2.45) is 7.05 Å². The minimum absolute atomic E-state index is 0.0268. The average molecular weight is 260 g/mol. The second-order valence-electron chi connectivity index (χ2n) is 4.73. The summed E-state index contributed by atoms with van der Waals surface area (Å²) in [7, 11) is 1.85. The molecule has 0 bridgehead atoms. The summed E-state index contributed by atoms with van der Waals surface area (Å²) < 4.78 is 3.39. The number of carbonyl (C=O) groups excluding carboxylic acids is 1. The molecule has 3 rings (SSSR count). The molecule has 19 heavy (non-hydrogen) atoms. The largest absolute Gasteiger partial charge is 0.354 e. The van der Waals surface area contributed by atoms with Gasteiger partial charge in [-0.1, -0.05) is 5.21 Å². The lowest BCUT2D eigenvalue weighted by Crippen LogP contribution is -2.31. The van der Waals surface area contributed by atoms with E-state index in [2.05, 4.69) is 20.7 Å². The van der Waals surface area contributed by atoms with Crippen molar-refractivity contribution in [1.82, 2.24) is 30.1 Å². The summed E-state index contributed by atoms with van der Waals surface area (Å²) in [5, 5.41) is 15.2. The SMILES string of the molecule is Cn1nccc1-c1cn(C2CCCCNC2=O)nn1. The molecule has 1 saturated heterocycles. The number of hydrogen-bond acceptors (Lipinski definition) is 4. The van der Waals surface area contributed by atoms with Crippen molar-refractivity contribution in [1.29, 1.82) is 0 Å². The molecule has 1 atom stereocenters. The Hall–Kier alpha value is -2.18. The van der Waals surface area contributed by atoms with Crippen LogP contribution in [0.4, 0.5) is 0 Å². The van der Waals surface area contributed by atoms with Gasteiger partial charge in [0.15, 0.2) is 0 Å². The van der Waals surface area contributed by atoms with Crippen LogP contribution in [0.5, 0.6) is 0 Å². The lowest BCUT2D eigenvalue weighted by Gasteiger charge is -2.12. The Morgan fingerprint density at radius 1 is 1.42 bits per heavy atom. The second-order valence-corrected chi connectivity index (χ2v) is 4.73. The normalized spacial score (nSPS) is 20.1. The lowest BCUT2D eigenvalue weighted by molar-refractivity contribution is -0.124. The third-order valence-corrected chi connectivity index (χ3v) is 3.42. The number of amides is 1. The predicted molar refractivity (Wildman–Crippen MR) is 68.1 cm³/mol. The van der Waals surface area contributed by atoms with E-state index in [0.29, 0.717) is 0 Å². The van der Waals surface area contributed by atoms with Crippen LogP contribution in [0.1, 0.15) is 25.3 Å². The Labute approximate surface area is 110 Å². The highest BCUT2D eigenvalue weighted by Gasteiger charge is 2.24. The molecule has 2 aromatic heterocycles. The highest BCUT2D eigenvalue weighted by atomic mass is 16.2. The first-order valence-corrected chi connectivity index (χ1v) is 6.43. The van der Waals surface area contributed by atoms with Crippen LogP contribution in [-0.4, -0.2) is 37.2 Å². The van der Waals surface area contributed by atoms with Crippen molar-refractivity contribution in [3.63, 3.8) is 0 Å². The molecular formula is C12H16N6O. The van der Waals surface area contributed by atoms with Crippen molar-refractivity contribution < 1.29 is 4.79 Å². The van der Waals surface area contributed by atoms with Crippen LogP contribution in [0.2, 0.25) is 0 Å². The molecule has 7 heteroatoms. The van der Waals surface area contributed by atoms with Crippen LogP contribution in [0.15, 0.2) is 18.5 Å². The zero-order valence-electron chi connectivity index (χ0n) is 10.8. The van der Waals surface area contributed by atoms with Gasteiger partial charge >= 0.3 is 0 Å². The predicted octanol–water partition coefficient (Wildman–Crippen LogP) is 0.520. The fourth-order valence-corrected chi connectivity index (χ4v) is 2.35. The fraction of sp³-hybridized carbons (Fsp3) is 0.500. The summed E-state index contributed by atoms with van der Waals surface area (Å²) in [4.78, 5) is 12.0. The molecule has 1 aliphatic heterocycles. The second kappa shape index (κ2) is 4.83. The zero-order chi connectivity index (χ0) is 13.2. The quantitative estimate of drug-likeness (QED) is 0.854. The Morgan fingerprint density at radius 2 is 2.32 bits per heavy atom. The van der Waals surface area contributed by atoms with Gasteiger partial charge in [-0.15, -0.1) is 5.10 Å². The summed E-state index contributed by atoms with van der Waals surface area (Å²) >= 11 is 0. The standard InChI is InChI=1S/C12H16N6O/c1-17-10(5-7-14-17)9-8-18(16-15-9)11-4-2-3-6-13-12(11)19/h5,7-8,11H,2-4,6H2,1H3,(H,13,19). The van der Waals surface area contributed by atoms with Crippen LogP contribution in [0, 0.1) is 0 Å².